The summed E-state index contributed by atoms with van der Waals surface area (Å²) < 4.78 is 4.80. The maximum atomic E-state index is 10.2. The summed E-state index contributed by atoms with van der Waals surface area (Å²) in [6.07, 6.45) is 0. The summed E-state index contributed by atoms with van der Waals surface area (Å²) in [4.78, 5) is 10.2. The molecule has 0 bridgehead atoms. The standard InChI is InChI=1S/C6H12O2.Zn/c1-5(7)8-6(2,3)4;/h1-4H3;. The summed E-state index contributed by atoms with van der Waals surface area (Å²) in [7, 11) is 0. The van der Waals surface area contributed by atoms with Gasteiger partial charge in [-0.2, -0.15) is 0 Å². The van der Waals surface area contributed by atoms with Gasteiger partial charge in [-0.3, -0.25) is 4.79 Å². The molecule has 0 amide bonds. The van der Waals surface area contributed by atoms with E-state index >= 15 is 0 Å². The average molecular weight is 182 g/mol. The fraction of sp³-hybridized carbons (Fsp3) is 0.833. The molecular formula is C6H12O2Zn. The van der Waals surface area contributed by atoms with Crippen molar-refractivity contribution < 1.29 is 29.0 Å². The van der Waals surface area contributed by atoms with Crippen LogP contribution in [0.25, 0.3) is 0 Å². The fourth-order valence-corrected chi connectivity index (χ4v) is 0.431. The topological polar surface area (TPSA) is 26.3 Å². The number of esters is 1. The molecule has 0 saturated carbocycles. The van der Waals surface area contributed by atoms with E-state index in [2.05, 4.69) is 0 Å². The van der Waals surface area contributed by atoms with Gasteiger partial charge < -0.3 is 4.74 Å². The second-order valence-electron chi connectivity index (χ2n) is 2.71. The van der Waals surface area contributed by atoms with Crippen LogP contribution in [0.1, 0.15) is 27.7 Å². The van der Waals surface area contributed by atoms with Crippen molar-refractivity contribution in [3.05, 3.63) is 0 Å². The quantitative estimate of drug-likeness (QED) is 0.417. The zero-order valence-electron chi connectivity index (χ0n) is 6.52. The number of ether oxygens (including phenoxy) is 1. The predicted octanol–water partition coefficient (Wildman–Crippen LogP) is 1.35. The van der Waals surface area contributed by atoms with E-state index in [0.717, 1.165) is 0 Å². The molecule has 3 heteroatoms. The molecule has 0 aliphatic carbocycles. The zero-order valence-corrected chi connectivity index (χ0v) is 9.49. The Labute approximate surface area is 68.7 Å². The normalized spacial score (nSPS) is 9.78. The van der Waals surface area contributed by atoms with Gasteiger partial charge >= 0.3 is 5.97 Å². The second kappa shape index (κ2) is 4.00. The minimum absolute atomic E-state index is 0. The summed E-state index contributed by atoms with van der Waals surface area (Å²) in [5.41, 5.74) is -0.328. The van der Waals surface area contributed by atoms with Crippen molar-refractivity contribution in [2.75, 3.05) is 0 Å². The Morgan fingerprint density at radius 1 is 1.33 bits per heavy atom. The minimum Gasteiger partial charge on any atom is -0.460 e. The van der Waals surface area contributed by atoms with Gasteiger partial charge in [-0.25, -0.2) is 0 Å². The van der Waals surface area contributed by atoms with E-state index < -0.39 is 0 Å². The van der Waals surface area contributed by atoms with Gasteiger partial charge in [0.2, 0.25) is 0 Å². The second-order valence-corrected chi connectivity index (χ2v) is 2.71. The Balaban J connectivity index is 0. The number of hydrogen-bond donors (Lipinski definition) is 0. The molecule has 0 fully saturated rings. The third-order valence-corrected chi connectivity index (χ3v) is 0.450. The van der Waals surface area contributed by atoms with Crippen LogP contribution in [-0.4, -0.2) is 11.6 Å². The molecule has 0 atom stereocenters. The number of carbonyl (C=O) groups excluding carboxylic acids is 1. The number of rotatable bonds is 0. The van der Waals surface area contributed by atoms with Gasteiger partial charge in [-0.05, 0) is 20.8 Å². The van der Waals surface area contributed by atoms with Gasteiger partial charge in [0.15, 0.2) is 0 Å². The summed E-state index contributed by atoms with van der Waals surface area (Å²) >= 11 is 0. The van der Waals surface area contributed by atoms with Gasteiger partial charge in [-0.15, -0.1) is 0 Å². The van der Waals surface area contributed by atoms with E-state index in [1.165, 1.54) is 6.92 Å². The Morgan fingerprint density at radius 3 is 1.67 bits per heavy atom. The fourth-order valence-electron chi connectivity index (χ4n) is 0.431. The van der Waals surface area contributed by atoms with Crippen LogP contribution in [0.3, 0.4) is 0 Å². The molecule has 0 radical (unpaired) electrons. The molecule has 0 N–H and O–H groups in total. The van der Waals surface area contributed by atoms with Crippen LogP contribution in [0, 0.1) is 0 Å². The molecule has 0 aliphatic heterocycles. The van der Waals surface area contributed by atoms with E-state index in [1.54, 1.807) is 0 Å². The summed E-state index contributed by atoms with van der Waals surface area (Å²) in [6, 6.07) is 0. The molecule has 0 rings (SSSR count). The molecule has 0 aromatic carbocycles. The molecule has 0 heterocycles. The van der Waals surface area contributed by atoms with E-state index in [0.29, 0.717) is 0 Å². The van der Waals surface area contributed by atoms with Crippen molar-refractivity contribution in [1.82, 2.24) is 0 Å². The molecule has 0 aromatic rings. The van der Waals surface area contributed by atoms with Crippen molar-refractivity contribution in [1.29, 1.82) is 0 Å². The Morgan fingerprint density at radius 2 is 1.67 bits per heavy atom. The smallest absolute Gasteiger partial charge is 0.303 e. The molecule has 50 valence electrons. The largest absolute Gasteiger partial charge is 0.460 e. The van der Waals surface area contributed by atoms with Crippen molar-refractivity contribution in [3.63, 3.8) is 0 Å². The van der Waals surface area contributed by atoms with E-state index in [4.69, 9.17) is 4.74 Å². The van der Waals surface area contributed by atoms with Crippen LogP contribution < -0.4 is 0 Å². The van der Waals surface area contributed by atoms with E-state index in [-0.39, 0.29) is 31.0 Å². The molecular weight excluding hydrogens is 169 g/mol. The van der Waals surface area contributed by atoms with Gasteiger partial charge in [0, 0.05) is 26.4 Å². The van der Waals surface area contributed by atoms with Crippen molar-refractivity contribution in [3.8, 4) is 0 Å². The van der Waals surface area contributed by atoms with Crippen LogP contribution in [0.5, 0.6) is 0 Å². The first kappa shape index (κ1) is 11.8. The molecule has 0 aliphatic rings. The maximum Gasteiger partial charge on any atom is 0.303 e. The first-order chi connectivity index (χ1) is 3.42. The molecule has 2 nitrogen and oxygen atoms in total. The molecule has 0 spiro atoms. The minimum atomic E-state index is -0.328. The zero-order chi connectivity index (χ0) is 6.78. The van der Waals surface area contributed by atoms with Crippen molar-refractivity contribution in [2.45, 2.75) is 33.3 Å². The Hall–Kier alpha value is 0.0934. The summed E-state index contributed by atoms with van der Waals surface area (Å²) in [5.74, 6) is -0.225. The third kappa shape index (κ3) is 11.6. The Bertz CT molecular complexity index is 93.7. The monoisotopic (exact) mass is 180 g/mol. The van der Waals surface area contributed by atoms with Gasteiger partial charge in [0.05, 0.1) is 0 Å². The van der Waals surface area contributed by atoms with E-state index in [9.17, 15) is 4.79 Å². The number of carbonyl (C=O) groups is 1. The molecule has 0 unspecified atom stereocenters. The van der Waals surface area contributed by atoms with Gasteiger partial charge in [0.1, 0.15) is 5.60 Å². The summed E-state index contributed by atoms with van der Waals surface area (Å²) in [5, 5.41) is 0. The van der Waals surface area contributed by atoms with Crippen LogP contribution >= 0.6 is 0 Å². The molecule has 9 heavy (non-hydrogen) atoms. The van der Waals surface area contributed by atoms with Crippen molar-refractivity contribution >= 4 is 5.97 Å². The van der Waals surface area contributed by atoms with Crippen LogP contribution in [0.2, 0.25) is 0 Å². The van der Waals surface area contributed by atoms with E-state index in [1.807, 2.05) is 20.8 Å². The summed E-state index contributed by atoms with van der Waals surface area (Å²) in [6.45, 7) is 6.93. The van der Waals surface area contributed by atoms with Crippen molar-refractivity contribution in [2.24, 2.45) is 0 Å². The molecule has 0 aromatic heterocycles. The van der Waals surface area contributed by atoms with Gasteiger partial charge in [0.25, 0.3) is 0 Å². The maximum absolute atomic E-state index is 10.2. The average Bonchev–Trinajstić information content (AvgIpc) is 1.21. The van der Waals surface area contributed by atoms with Crippen LogP contribution in [-0.2, 0) is 29.0 Å². The first-order valence-electron chi connectivity index (χ1n) is 2.61. The third-order valence-electron chi connectivity index (χ3n) is 0.450. The van der Waals surface area contributed by atoms with Crippen LogP contribution in [0.15, 0.2) is 0 Å². The molecule has 0 saturated heterocycles. The van der Waals surface area contributed by atoms with Crippen LogP contribution in [0.4, 0.5) is 0 Å². The predicted molar refractivity (Wildman–Crippen MR) is 31.5 cm³/mol. The number of hydrogen-bond acceptors (Lipinski definition) is 2. The van der Waals surface area contributed by atoms with Gasteiger partial charge in [-0.1, -0.05) is 0 Å². The Kier molecular flexibility index (Phi) is 5.26. The first-order valence-corrected chi connectivity index (χ1v) is 2.61. The SMILES string of the molecule is CC(=O)OC(C)(C)C.[Zn].